The first-order valence-corrected chi connectivity index (χ1v) is 4.15. The second kappa shape index (κ2) is 9.88. The molecule has 0 aliphatic carbocycles. The Kier molecular flexibility index (Phi) is 9.77. The van der Waals surface area contributed by atoms with Crippen molar-refractivity contribution in [3.63, 3.8) is 0 Å². The lowest BCUT2D eigenvalue weighted by molar-refractivity contribution is 0.0584. The Hall–Kier alpha value is -0.120. The minimum Gasteiger partial charge on any atom is -0.379 e. The minimum absolute atomic E-state index is 0.727. The van der Waals surface area contributed by atoms with Gasteiger partial charge in [0.25, 0.3) is 0 Å². The summed E-state index contributed by atoms with van der Waals surface area (Å²) < 4.78 is 14.5. The fraction of sp³-hybridized carbons (Fsp3) is 1.00. The molecule has 0 atom stereocenters. The van der Waals surface area contributed by atoms with Crippen molar-refractivity contribution in [2.24, 2.45) is 0 Å². The van der Waals surface area contributed by atoms with E-state index in [-0.39, 0.29) is 0 Å². The molecule has 0 spiro atoms. The third-order valence-corrected chi connectivity index (χ3v) is 0.984. The highest BCUT2D eigenvalue weighted by molar-refractivity contribution is 4.36. The van der Waals surface area contributed by atoms with Gasteiger partial charge >= 0.3 is 0 Å². The summed E-state index contributed by atoms with van der Waals surface area (Å²) in [5.74, 6) is 0. The van der Waals surface area contributed by atoms with Crippen LogP contribution >= 0.6 is 0 Å². The summed E-state index contributed by atoms with van der Waals surface area (Å²) in [6.45, 7) is 8.98. The first-order valence-electron chi connectivity index (χ1n) is 4.15. The molecule has 0 aromatic heterocycles. The van der Waals surface area contributed by atoms with E-state index in [1.165, 1.54) is 0 Å². The average molecular weight is 162 g/mol. The molecule has 68 valence electrons. The summed E-state index contributed by atoms with van der Waals surface area (Å²) >= 11 is 0. The van der Waals surface area contributed by atoms with Gasteiger partial charge in [0.15, 0.2) is 0 Å². The van der Waals surface area contributed by atoms with Crippen molar-refractivity contribution in [2.45, 2.75) is 13.8 Å². The molecular formula is C8H18O3. The summed E-state index contributed by atoms with van der Waals surface area (Å²) in [5, 5.41) is 0. The lowest BCUT2D eigenvalue weighted by Gasteiger charge is -1.99. The van der Waals surface area contributed by atoms with E-state index >= 15 is 0 Å². The van der Waals surface area contributed by atoms with Crippen LogP contribution < -0.4 is 0 Å². The molecule has 0 amide bonds. The first kappa shape index (κ1) is 10.9. The number of rotatable bonds is 5. The summed E-state index contributed by atoms with van der Waals surface area (Å²) in [4.78, 5) is 0. The molecule has 3 nitrogen and oxygen atoms in total. The lowest BCUT2D eigenvalue weighted by atomic mass is 10.7. The SMILES string of the molecule is C1CO1.CCOCCOCC. The van der Waals surface area contributed by atoms with Crippen molar-refractivity contribution >= 4 is 0 Å². The third-order valence-electron chi connectivity index (χ3n) is 0.984. The monoisotopic (exact) mass is 162 g/mol. The molecule has 0 bridgehead atoms. The van der Waals surface area contributed by atoms with Crippen LogP contribution in [0.2, 0.25) is 0 Å². The number of ether oxygens (including phenoxy) is 3. The van der Waals surface area contributed by atoms with E-state index in [0.717, 1.165) is 39.6 Å². The van der Waals surface area contributed by atoms with Gasteiger partial charge in [-0.05, 0) is 13.8 Å². The maximum Gasteiger partial charge on any atom is 0.0701 e. The summed E-state index contributed by atoms with van der Waals surface area (Å²) in [5.41, 5.74) is 0. The van der Waals surface area contributed by atoms with E-state index in [1.807, 2.05) is 13.8 Å². The zero-order valence-corrected chi connectivity index (χ0v) is 7.47. The van der Waals surface area contributed by atoms with Gasteiger partial charge in [-0.15, -0.1) is 0 Å². The predicted molar refractivity (Wildman–Crippen MR) is 43.8 cm³/mol. The molecule has 0 aromatic rings. The van der Waals surface area contributed by atoms with Gasteiger partial charge in [0.1, 0.15) is 0 Å². The summed E-state index contributed by atoms with van der Waals surface area (Å²) in [6, 6.07) is 0. The molecule has 1 aliphatic rings. The second-order valence-corrected chi connectivity index (χ2v) is 2.01. The minimum atomic E-state index is 0.727. The first-order chi connectivity index (χ1) is 5.41. The van der Waals surface area contributed by atoms with Gasteiger partial charge in [-0.2, -0.15) is 0 Å². The van der Waals surface area contributed by atoms with Gasteiger partial charge in [0, 0.05) is 13.2 Å². The molecule has 11 heavy (non-hydrogen) atoms. The highest BCUT2D eigenvalue weighted by atomic mass is 16.6. The molecule has 0 unspecified atom stereocenters. The van der Waals surface area contributed by atoms with Crippen LogP contribution in [0.15, 0.2) is 0 Å². The van der Waals surface area contributed by atoms with Crippen molar-refractivity contribution in [3.8, 4) is 0 Å². The smallest absolute Gasteiger partial charge is 0.0701 e. The zero-order valence-electron chi connectivity index (χ0n) is 7.47. The van der Waals surface area contributed by atoms with E-state index in [2.05, 4.69) is 4.74 Å². The van der Waals surface area contributed by atoms with Crippen LogP contribution in [0.25, 0.3) is 0 Å². The van der Waals surface area contributed by atoms with E-state index < -0.39 is 0 Å². The Labute approximate surface area is 68.6 Å². The van der Waals surface area contributed by atoms with Crippen LogP contribution in [0.5, 0.6) is 0 Å². The number of hydrogen-bond donors (Lipinski definition) is 0. The normalized spacial score (nSPS) is 13.6. The Bertz CT molecular complexity index is 55.6. The third kappa shape index (κ3) is 17.7. The Morgan fingerprint density at radius 3 is 1.55 bits per heavy atom. The Balaban J connectivity index is 0.000000271. The van der Waals surface area contributed by atoms with Crippen molar-refractivity contribution in [1.82, 2.24) is 0 Å². The molecule has 1 saturated heterocycles. The standard InChI is InChI=1S/C6H14O2.C2H4O/c1-3-7-5-6-8-4-2;1-2-3-1/h3-6H2,1-2H3;1-2H2. The largest absolute Gasteiger partial charge is 0.379 e. The molecule has 1 aliphatic heterocycles. The molecular weight excluding hydrogens is 144 g/mol. The van der Waals surface area contributed by atoms with Crippen molar-refractivity contribution < 1.29 is 14.2 Å². The van der Waals surface area contributed by atoms with Gasteiger partial charge in [-0.1, -0.05) is 0 Å². The fourth-order valence-corrected chi connectivity index (χ4v) is 0.407. The fourth-order valence-electron chi connectivity index (χ4n) is 0.407. The predicted octanol–water partition coefficient (Wildman–Crippen LogP) is 1.08. The van der Waals surface area contributed by atoms with Crippen LogP contribution in [0.1, 0.15) is 13.8 Å². The van der Waals surface area contributed by atoms with E-state index in [1.54, 1.807) is 0 Å². The average Bonchev–Trinajstić information content (AvgIpc) is 2.84. The molecule has 0 N–H and O–H groups in total. The summed E-state index contributed by atoms with van der Waals surface area (Å²) in [6.07, 6.45) is 0. The van der Waals surface area contributed by atoms with E-state index in [4.69, 9.17) is 9.47 Å². The van der Waals surface area contributed by atoms with Crippen LogP contribution in [0.3, 0.4) is 0 Å². The van der Waals surface area contributed by atoms with E-state index in [9.17, 15) is 0 Å². The molecule has 1 fully saturated rings. The van der Waals surface area contributed by atoms with Crippen LogP contribution in [-0.2, 0) is 14.2 Å². The Morgan fingerprint density at radius 2 is 1.36 bits per heavy atom. The molecule has 1 heterocycles. The van der Waals surface area contributed by atoms with Gasteiger partial charge in [-0.3, -0.25) is 0 Å². The zero-order chi connectivity index (χ0) is 8.36. The highest BCUT2D eigenvalue weighted by Gasteiger charge is 1.94. The highest BCUT2D eigenvalue weighted by Crippen LogP contribution is 1.84. The topological polar surface area (TPSA) is 31.0 Å². The number of epoxide rings is 1. The second-order valence-electron chi connectivity index (χ2n) is 2.01. The van der Waals surface area contributed by atoms with Gasteiger partial charge in [-0.25, -0.2) is 0 Å². The maximum absolute atomic E-state index is 5.01. The Morgan fingerprint density at radius 1 is 1.00 bits per heavy atom. The molecule has 0 radical (unpaired) electrons. The van der Waals surface area contributed by atoms with Crippen molar-refractivity contribution in [3.05, 3.63) is 0 Å². The molecule has 0 saturated carbocycles. The van der Waals surface area contributed by atoms with Crippen LogP contribution in [0, 0.1) is 0 Å². The number of hydrogen-bond acceptors (Lipinski definition) is 3. The molecule has 0 aromatic carbocycles. The van der Waals surface area contributed by atoms with Gasteiger partial charge < -0.3 is 14.2 Å². The van der Waals surface area contributed by atoms with Gasteiger partial charge in [0.2, 0.25) is 0 Å². The quantitative estimate of drug-likeness (QED) is 0.447. The summed E-state index contributed by atoms with van der Waals surface area (Å²) in [7, 11) is 0. The molecule has 3 heteroatoms. The van der Waals surface area contributed by atoms with Crippen LogP contribution in [-0.4, -0.2) is 39.6 Å². The van der Waals surface area contributed by atoms with E-state index in [0.29, 0.717) is 0 Å². The lowest BCUT2D eigenvalue weighted by Crippen LogP contribution is -2.02. The van der Waals surface area contributed by atoms with Crippen molar-refractivity contribution in [1.29, 1.82) is 0 Å². The van der Waals surface area contributed by atoms with Gasteiger partial charge in [0.05, 0.1) is 26.4 Å². The maximum atomic E-state index is 5.01. The van der Waals surface area contributed by atoms with Crippen LogP contribution in [0.4, 0.5) is 0 Å². The molecule has 1 rings (SSSR count). The van der Waals surface area contributed by atoms with Crippen molar-refractivity contribution in [2.75, 3.05) is 39.6 Å².